The van der Waals surface area contributed by atoms with Crippen LogP contribution < -0.4 is 4.74 Å². The molecule has 0 saturated carbocycles. The van der Waals surface area contributed by atoms with Crippen LogP contribution >= 0.6 is 0 Å². The molecular formula is C9H6FNO3. The Bertz CT molecular complexity index is 428. The summed E-state index contributed by atoms with van der Waals surface area (Å²) in [6.07, 6.45) is 1.32. The Kier molecular flexibility index (Phi) is 1.92. The average molecular weight is 195 g/mol. The Morgan fingerprint density at radius 2 is 2.29 bits per heavy atom. The van der Waals surface area contributed by atoms with Crippen LogP contribution in [0.3, 0.4) is 0 Å². The number of nitro groups is 1. The molecule has 0 fully saturated rings. The van der Waals surface area contributed by atoms with Crippen molar-refractivity contribution in [1.82, 2.24) is 0 Å². The SMILES string of the molecule is O=[N+]([O-])C1=Cc2cccc(F)c2OC1. The number of para-hydroxylation sites is 1. The summed E-state index contributed by atoms with van der Waals surface area (Å²) in [6, 6.07) is 4.31. The van der Waals surface area contributed by atoms with Crippen LogP contribution in [0.1, 0.15) is 5.56 Å². The van der Waals surface area contributed by atoms with E-state index in [4.69, 9.17) is 4.74 Å². The van der Waals surface area contributed by atoms with Crippen molar-refractivity contribution in [2.24, 2.45) is 0 Å². The molecule has 2 rings (SSSR count). The number of hydrogen-bond donors (Lipinski definition) is 0. The van der Waals surface area contributed by atoms with Gasteiger partial charge in [-0.2, -0.15) is 0 Å². The van der Waals surface area contributed by atoms with E-state index < -0.39 is 10.7 Å². The minimum atomic E-state index is -0.534. The van der Waals surface area contributed by atoms with Gasteiger partial charge in [-0.3, -0.25) is 10.1 Å². The molecule has 1 aromatic carbocycles. The number of rotatable bonds is 1. The highest BCUT2D eigenvalue weighted by atomic mass is 19.1. The largest absolute Gasteiger partial charge is 0.479 e. The van der Waals surface area contributed by atoms with Gasteiger partial charge in [0.15, 0.2) is 18.2 Å². The summed E-state index contributed by atoms with van der Waals surface area (Å²) in [5, 5.41) is 10.4. The summed E-state index contributed by atoms with van der Waals surface area (Å²) in [5.74, 6) is -0.417. The highest BCUT2D eigenvalue weighted by Crippen LogP contribution is 2.28. The van der Waals surface area contributed by atoms with Crippen molar-refractivity contribution in [2.75, 3.05) is 6.61 Å². The predicted octanol–water partition coefficient (Wildman–Crippen LogP) is 1.84. The van der Waals surface area contributed by atoms with Gasteiger partial charge >= 0.3 is 0 Å². The summed E-state index contributed by atoms with van der Waals surface area (Å²) in [7, 11) is 0. The molecule has 0 spiro atoms. The van der Waals surface area contributed by atoms with Crippen LogP contribution in [0.15, 0.2) is 23.9 Å². The standard InChI is InChI=1S/C9H6FNO3/c10-8-3-1-2-6-4-7(11(12)13)5-14-9(6)8/h1-4H,5H2. The van der Waals surface area contributed by atoms with Gasteiger partial charge < -0.3 is 4.74 Å². The van der Waals surface area contributed by atoms with E-state index in [0.29, 0.717) is 5.56 Å². The Labute approximate surface area is 78.8 Å². The van der Waals surface area contributed by atoms with Crippen molar-refractivity contribution in [2.45, 2.75) is 0 Å². The van der Waals surface area contributed by atoms with Gasteiger partial charge in [0.1, 0.15) is 0 Å². The van der Waals surface area contributed by atoms with Crippen molar-refractivity contribution in [1.29, 1.82) is 0 Å². The second-order valence-corrected chi connectivity index (χ2v) is 2.84. The fourth-order valence-electron chi connectivity index (χ4n) is 1.26. The number of ether oxygens (including phenoxy) is 1. The zero-order chi connectivity index (χ0) is 10.1. The zero-order valence-corrected chi connectivity index (χ0v) is 7.07. The first kappa shape index (κ1) is 8.68. The molecule has 14 heavy (non-hydrogen) atoms. The lowest BCUT2D eigenvalue weighted by Crippen LogP contribution is -2.14. The third-order valence-corrected chi connectivity index (χ3v) is 1.92. The summed E-state index contributed by atoms with van der Waals surface area (Å²) in [4.78, 5) is 9.88. The van der Waals surface area contributed by atoms with Crippen LogP contribution in [0.4, 0.5) is 4.39 Å². The molecule has 4 nitrogen and oxygen atoms in total. The Hall–Kier alpha value is -1.91. The van der Waals surface area contributed by atoms with Crippen molar-refractivity contribution < 1.29 is 14.1 Å². The molecule has 0 aromatic heterocycles. The lowest BCUT2D eigenvalue weighted by Gasteiger charge is -2.13. The number of hydrogen-bond acceptors (Lipinski definition) is 3. The van der Waals surface area contributed by atoms with Crippen LogP contribution in [-0.4, -0.2) is 11.5 Å². The minimum absolute atomic E-state index is 0.0666. The molecule has 0 atom stereocenters. The first-order chi connectivity index (χ1) is 6.68. The molecule has 1 aromatic rings. The smallest absolute Gasteiger partial charge is 0.284 e. The molecule has 1 heterocycles. The third-order valence-electron chi connectivity index (χ3n) is 1.92. The van der Waals surface area contributed by atoms with Crippen LogP contribution in [0.25, 0.3) is 6.08 Å². The zero-order valence-electron chi connectivity index (χ0n) is 7.07. The predicted molar refractivity (Wildman–Crippen MR) is 46.9 cm³/mol. The second kappa shape index (κ2) is 3.10. The lowest BCUT2D eigenvalue weighted by molar-refractivity contribution is -0.427. The molecule has 1 aliphatic rings. The molecule has 0 unspecified atom stereocenters. The van der Waals surface area contributed by atoms with Gasteiger partial charge in [0.2, 0.25) is 0 Å². The summed E-state index contributed by atoms with van der Waals surface area (Å²) >= 11 is 0. The molecule has 0 aliphatic carbocycles. The van der Waals surface area contributed by atoms with E-state index in [2.05, 4.69) is 0 Å². The molecule has 5 heteroatoms. The quantitative estimate of drug-likeness (QED) is 0.507. The van der Waals surface area contributed by atoms with Crippen LogP contribution in [-0.2, 0) is 0 Å². The molecule has 0 radical (unpaired) electrons. The van der Waals surface area contributed by atoms with E-state index in [0.717, 1.165) is 0 Å². The summed E-state index contributed by atoms with van der Waals surface area (Å²) in [6.45, 7) is -0.194. The van der Waals surface area contributed by atoms with Gasteiger partial charge in [0.05, 0.1) is 4.92 Å². The second-order valence-electron chi connectivity index (χ2n) is 2.84. The fraction of sp³-hybridized carbons (Fsp3) is 0.111. The minimum Gasteiger partial charge on any atom is -0.479 e. The first-order valence-corrected chi connectivity index (χ1v) is 3.95. The van der Waals surface area contributed by atoms with E-state index in [1.54, 1.807) is 6.07 Å². The van der Waals surface area contributed by atoms with Crippen molar-refractivity contribution >= 4 is 6.08 Å². The van der Waals surface area contributed by atoms with Gasteiger partial charge in [-0.1, -0.05) is 12.1 Å². The molecule has 1 aliphatic heterocycles. The van der Waals surface area contributed by atoms with E-state index in [-0.39, 0.29) is 18.1 Å². The number of fused-ring (bicyclic) bond motifs is 1. The van der Waals surface area contributed by atoms with Crippen molar-refractivity contribution in [3.8, 4) is 5.75 Å². The van der Waals surface area contributed by atoms with Crippen LogP contribution in [0.2, 0.25) is 0 Å². The van der Waals surface area contributed by atoms with Crippen molar-refractivity contribution in [3.63, 3.8) is 0 Å². The molecular weight excluding hydrogens is 189 g/mol. The van der Waals surface area contributed by atoms with Crippen LogP contribution in [0, 0.1) is 15.9 Å². The molecule has 0 saturated heterocycles. The fourth-order valence-corrected chi connectivity index (χ4v) is 1.26. The topological polar surface area (TPSA) is 52.4 Å². The average Bonchev–Trinajstić information content (AvgIpc) is 2.17. The van der Waals surface area contributed by atoms with Gasteiger partial charge in [-0.05, 0) is 6.07 Å². The van der Waals surface area contributed by atoms with E-state index >= 15 is 0 Å². The lowest BCUT2D eigenvalue weighted by atomic mass is 10.1. The number of benzene rings is 1. The van der Waals surface area contributed by atoms with Crippen molar-refractivity contribution in [3.05, 3.63) is 45.4 Å². The third kappa shape index (κ3) is 1.32. The highest BCUT2D eigenvalue weighted by molar-refractivity contribution is 5.61. The van der Waals surface area contributed by atoms with E-state index in [1.165, 1.54) is 18.2 Å². The molecule has 0 N–H and O–H groups in total. The first-order valence-electron chi connectivity index (χ1n) is 3.95. The Morgan fingerprint density at radius 3 is 3.00 bits per heavy atom. The van der Waals surface area contributed by atoms with Crippen LogP contribution in [0.5, 0.6) is 5.75 Å². The maximum absolute atomic E-state index is 13.1. The molecule has 0 amide bonds. The number of halogens is 1. The number of nitrogens with zero attached hydrogens (tertiary/aromatic N) is 1. The Balaban J connectivity index is 2.50. The summed E-state index contributed by atoms with van der Waals surface area (Å²) < 4.78 is 18.0. The summed E-state index contributed by atoms with van der Waals surface area (Å²) in [5.41, 5.74) is 0.339. The van der Waals surface area contributed by atoms with E-state index in [9.17, 15) is 14.5 Å². The maximum atomic E-state index is 13.1. The van der Waals surface area contributed by atoms with E-state index in [1.807, 2.05) is 0 Å². The monoisotopic (exact) mass is 195 g/mol. The van der Waals surface area contributed by atoms with Gasteiger partial charge in [0, 0.05) is 11.6 Å². The van der Waals surface area contributed by atoms with Gasteiger partial charge in [-0.15, -0.1) is 0 Å². The molecule has 72 valence electrons. The maximum Gasteiger partial charge on any atom is 0.284 e. The van der Waals surface area contributed by atoms with Gasteiger partial charge in [0.25, 0.3) is 5.70 Å². The van der Waals surface area contributed by atoms with Gasteiger partial charge in [-0.25, -0.2) is 4.39 Å². The Morgan fingerprint density at radius 1 is 1.50 bits per heavy atom. The molecule has 0 bridgehead atoms. The normalized spacial score (nSPS) is 13.9. The highest BCUT2D eigenvalue weighted by Gasteiger charge is 2.21.